The lowest BCUT2D eigenvalue weighted by Crippen LogP contribution is -2.43. The summed E-state index contributed by atoms with van der Waals surface area (Å²) in [6, 6.07) is 18.2. The van der Waals surface area contributed by atoms with Gasteiger partial charge in [-0.1, -0.05) is 60.7 Å². The molecule has 3 rings (SSSR count). The van der Waals surface area contributed by atoms with Crippen molar-refractivity contribution in [3.05, 3.63) is 76.6 Å². The lowest BCUT2D eigenvalue weighted by atomic mass is 10.0. The zero-order valence-electron chi connectivity index (χ0n) is 15.8. The normalized spacial score (nSPS) is 11.5. The van der Waals surface area contributed by atoms with Gasteiger partial charge in [-0.25, -0.2) is 9.78 Å². The van der Waals surface area contributed by atoms with Gasteiger partial charge in [-0.3, -0.25) is 9.59 Å². The van der Waals surface area contributed by atoms with E-state index in [1.807, 2.05) is 60.7 Å². The first kappa shape index (κ1) is 20.4. The molecule has 1 atom stereocenters. The minimum absolute atomic E-state index is 0.166. The van der Waals surface area contributed by atoms with Crippen molar-refractivity contribution in [3.8, 4) is 11.3 Å². The Labute approximate surface area is 172 Å². The van der Waals surface area contributed by atoms with Crippen molar-refractivity contribution in [2.45, 2.75) is 19.4 Å². The molecule has 2 aromatic carbocycles. The van der Waals surface area contributed by atoms with E-state index in [1.54, 1.807) is 5.38 Å². The number of amides is 1. The van der Waals surface area contributed by atoms with Crippen LogP contribution in [0.5, 0.6) is 0 Å². The predicted molar refractivity (Wildman–Crippen MR) is 111 cm³/mol. The second kappa shape index (κ2) is 9.75. The van der Waals surface area contributed by atoms with E-state index < -0.39 is 24.5 Å². The molecule has 1 N–H and O–H groups in total. The summed E-state index contributed by atoms with van der Waals surface area (Å²) in [6.45, 7) is 0.943. The first-order valence-corrected chi connectivity index (χ1v) is 9.92. The van der Waals surface area contributed by atoms with Crippen LogP contribution in [-0.2, 0) is 20.7 Å². The molecule has 148 valence electrons. The molecular formula is C22H20N2O4S. The highest BCUT2D eigenvalue weighted by Crippen LogP contribution is 2.21. The number of hydrogen-bond acceptors (Lipinski definition) is 6. The molecule has 0 bridgehead atoms. The van der Waals surface area contributed by atoms with Crippen molar-refractivity contribution in [2.75, 3.05) is 6.61 Å². The number of benzene rings is 2. The fourth-order valence-corrected chi connectivity index (χ4v) is 3.40. The van der Waals surface area contributed by atoms with Gasteiger partial charge in [-0.05, 0) is 18.9 Å². The van der Waals surface area contributed by atoms with Gasteiger partial charge >= 0.3 is 5.97 Å². The molecule has 0 spiro atoms. The number of nitrogens with one attached hydrogen (secondary N) is 1. The number of aromatic nitrogens is 1. The minimum Gasteiger partial charge on any atom is -0.450 e. The number of rotatable bonds is 8. The zero-order valence-corrected chi connectivity index (χ0v) is 16.6. The highest BCUT2D eigenvalue weighted by Gasteiger charge is 2.20. The van der Waals surface area contributed by atoms with Crippen molar-refractivity contribution in [1.29, 1.82) is 0 Å². The number of esters is 1. The average molecular weight is 408 g/mol. The van der Waals surface area contributed by atoms with Crippen LogP contribution in [0.25, 0.3) is 11.3 Å². The van der Waals surface area contributed by atoms with Crippen molar-refractivity contribution in [1.82, 2.24) is 10.3 Å². The van der Waals surface area contributed by atoms with Crippen LogP contribution in [0, 0.1) is 0 Å². The van der Waals surface area contributed by atoms with E-state index in [2.05, 4.69) is 10.3 Å². The smallest absolute Gasteiger partial charge is 0.367 e. The Bertz CT molecular complexity index is 986. The van der Waals surface area contributed by atoms with Crippen molar-refractivity contribution in [3.63, 3.8) is 0 Å². The van der Waals surface area contributed by atoms with E-state index >= 15 is 0 Å². The van der Waals surface area contributed by atoms with Crippen molar-refractivity contribution in [2.24, 2.45) is 0 Å². The highest BCUT2D eigenvalue weighted by atomic mass is 32.1. The third kappa shape index (κ3) is 5.83. The summed E-state index contributed by atoms with van der Waals surface area (Å²) in [5.41, 5.74) is 2.50. The van der Waals surface area contributed by atoms with Crippen LogP contribution in [0.2, 0.25) is 0 Å². The van der Waals surface area contributed by atoms with E-state index in [0.29, 0.717) is 12.1 Å². The van der Waals surface area contributed by atoms with Gasteiger partial charge in [0.1, 0.15) is 0 Å². The van der Waals surface area contributed by atoms with Crippen LogP contribution in [0.15, 0.2) is 66.0 Å². The highest BCUT2D eigenvalue weighted by molar-refractivity contribution is 7.11. The molecule has 0 unspecified atom stereocenters. The molecule has 3 aromatic rings. The standard InChI is InChI=1S/C22H20N2O4S/c1-15(25)18(12-16-8-4-2-5-9-16)23-20(26)13-28-22(27)21-24-19(14-29-21)17-10-6-3-7-11-17/h2-11,14,18H,12-13H2,1H3,(H,23,26)/t18-/m0/s1. The Morgan fingerprint density at radius 3 is 2.34 bits per heavy atom. The molecule has 0 saturated carbocycles. The van der Waals surface area contributed by atoms with Crippen molar-refractivity contribution < 1.29 is 19.1 Å². The lowest BCUT2D eigenvalue weighted by Gasteiger charge is -2.16. The van der Waals surface area contributed by atoms with Crippen LogP contribution in [0.4, 0.5) is 0 Å². The summed E-state index contributed by atoms with van der Waals surface area (Å²) in [6.07, 6.45) is 0.378. The molecule has 0 aliphatic heterocycles. The minimum atomic E-state index is -0.673. The SMILES string of the molecule is CC(=O)[C@H](Cc1ccccc1)NC(=O)COC(=O)c1nc(-c2ccccc2)cs1. The van der Waals surface area contributed by atoms with Crippen LogP contribution < -0.4 is 5.32 Å². The number of hydrogen-bond donors (Lipinski definition) is 1. The van der Waals surface area contributed by atoms with Gasteiger partial charge in [0, 0.05) is 10.9 Å². The Balaban J connectivity index is 1.53. The summed E-state index contributed by atoms with van der Waals surface area (Å²) in [5, 5.41) is 4.55. The van der Waals surface area contributed by atoms with Gasteiger partial charge in [0.15, 0.2) is 12.4 Å². The molecule has 0 aliphatic rings. The summed E-state index contributed by atoms with van der Waals surface area (Å²) >= 11 is 1.15. The fourth-order valence-electron chi connectivity index (χ4n) is 2.68. The molecule has 7 heteroatoms. The third-order valence-corrected chi connectivity index (χ3v) is 5.01. The summed E-state index contributed by atoms with van der Waals surface area (Å²) in [5.74, 6) is -1.37. The first-order chi connectivity index (χ1) is 14.0. The molecule has 1 heterocycles. The van der Waals surface area contributed by atoms with Gasteiger partial charge < -0.3 is 10.1 Å². The fraction of sp³-hybridized carbons (Fsp3) is 0.182. The quantitative estimate of drug-likeness (QED) is 0.578. The van der Waals surface area contributed by atoms with Gasteiger partial charge in [0.2, 0.25) is 5.01 Å². The van der Waals surface area contributed by atoms with E-state index in [-0.39, 0.29) is 10.8 Å². The molecule has 6 nitrogen and oxygen atoms in total. The molecule has 1 aromatic heterocycles. The summed E-state index contributed by atoms with van der Waals surface area (Å²) in [7, 11) is 0. The molecule has 0 saturated heterocycles. The molecular weight excluding hydrogens is 388 g/mol. The Hall–Kier alpha value is -3.32. The monoisotopic (exact) mass is 408 g/mol. The van der Waals surface area contributed by atoms with Gasteiger partial charge in [0.25, 0.3) is 5.91 Å². The van der Waals surface area contributed by atoms with Crippen LogP contribution >= 0.6 is 11.3 Å². The number of ether oxygens (including phenoxy) is 1. The second-order valence-electron chi connectivity index (χ2n) is 6.40. The summed E-state index contributed by atoms with van der Waals surface area (Å²) in [4.78, 5) is 40.4. The second-order valence-corrected chi connectivity index (χ2v) is 7.26. The van der Waals surface area contributed by atoms with Crippen molar-refractivity contribution >= 4 is 29.0 Å². The maximum absolute atomic E-state index is 12.2. The van der Waals surface area contributed by atoms with Gasteiger partial charge in [-0.2, -0.15) is 0 Å². The molecule has 29 heavy (non-hydrogen) atoms. The van der Waals surface area contributed by atoms with Crippen LogP contribution in [0.3, 0.4) is 0 Å². The Kier molecular flexibility index (Phi) is 6.86. The van der Waals surface area contributed by atoms with E-state index in [4.69, 9.17) is 4.74 Å². The summed E-state index contributed by atoms with van der Waals surface area (Å²) < 4.78 is 5.06. The number of carbonyl (C=O) groups is 3. The molecule has 1 amide bonds. The number of nitrogens with zero attached hydrogens (tertiary/aromatic N) is 1. The maximum atomic E-state index is 12.2. The average Bonchev–Trinajstić information content (AvgIpc) is 3.23. The zero-order chi connectivity index (χ0) is 20.6. The Morgan fingerprint density at radius 1 is 1.03 bits per heavy atom. The lowest BCUT2D eigenvalue weighted by molar-refractivity contribution is -0.128. The molecule has 0 radical (unpaired) electrons. The van der Waals surface area contributed by atoms with Crippen LogP contribution in [0.1, 0.15) is 22.3 Å². The number of ketones is 1. The third-order valence-electron chi connectivity index (χ3n) is 4.19. The first-order valence-electron chi connectivity index (χ1n) is 9.04. The molecule has 0 fully saturated rings. The topological polar surface area (TPSA) is 85.4 Å². The van der Waals surface area contributed by atoms with E-state index in [0.717, 1.165) is 22.5 Å². The van der Waals surface area contributed by atoms with E-state index in [9.17, 15) is 14.4 Å². The van der Waals surface area contributed by atoms with Gasteiger partial charge in [0.05, 0.1) is 11.7 Å². The van der Waals surface area contributed by atoms with E-state index in [1.165, 1.54) is 6.92 Å². The maximum Gasteiger partial charge on any atom is 0.367 e. The number of Topliss-reactive ketones (excluding diaryl/α,β-unsaturated/α-hetero) is 1. The number of thiazole rings is 1. The van der Waals surface area contributed by atoms with Crippen LogP contribution in [-0.4, -0.2) is 35.3 Å². The Morgan fingerprint density at radius 2 is 1.69 bits per heavy atom. The predicted octanol–water partition coefficient (Wildman–Crippen LogP) is 3.28. The van der Waals surface area contributed by atoms with Gasteiger partial charge in [-0.15, -0.1) is 11.3 Å². The number of carbonyl (C=O) groups excluding carboxylic acids is 3. The molecule has 0 aliphatic carbocycles. The largest absolute Gasteiger partial charge is 0.450 e.